The van der Waals surface area contributed by atoms with Gasteiger partial charge in [-0.3, -0.25) is 4.79 Å². The number of hydrogen-bond donors (Lipinski definition) is 3. The molecule has 8 nitrogen and oxygen atoms in total. The van der Waals surface area contributed by atoms with Crippen LogP contribution in [0.25, 0.3) is 11.0 Å². The maximum atomic E-state index is 12.6. The van der Waals surface area contributed by atoms with Crippen LogP contribution >= 0.6 is 0 Å². The molecule has 27 heavy (non-hydrogen) atoms. The molecule has 2 heterocycles. The molecule has 0 saturated carbocycles. The molecular formula is C19H17N5O3. The Bertz CT molecular complexity index is 1150. The van der Waals surface area contributed by atoms with Crippen molar-refractivity contribution in [2.75, 3.05) is 11.1 Å². The van der Waals surface area contributed by atoms with Crippen LogP contribution in [0.15, 0.2) is 52.9 Å². The molecule has 136 valence electrons. The lowest BCUT2D eigenvalue weighted by molar-refractivity contribution is 0.0948. The van der Waals surface area contributed by atoms with E-state index in [1.807, 2.05) is 19.1 Å². The molecule has 0 spiro atoms. The molecule has 0 amide bonds. The zero-order valence-corrected chi connectivity index (χ0v) is 14.5. The zero-order valence-electron chi connectivity index (χ0n) is 14.5. The molecule has 4 aromatic rings. The number of furan rings is 1. The van der Waals surface area contributed by atoms with Gasteiger partial charge in [0.2, 0.25) is 11.9 Å². The first-order chi connectivity index (χ1) is 13.0. The van der Waals surface area contributed by atoms with Crippen molar-refractivity contribution in [3.8, 4) is 0 Å². The van der Waals surface area contributed by atoms with E-state index in [2.05, 4.69) is 15.4 Å². The third-order valence-corrected chi connectivity index (χ3v) is 4.07. The Balaban J connectivity index is 1.60. The van der Waals surface area contributed by atoms with Gasteiger partial charge in [-0.05, 0) is 43.3 Å². The number of benzene rings is 2. The van der Waals surface area contributed by atoms with E-state index < -0.39 is 0 Å². The third kappa shape index (κ3) is 3.25. The van der Waals surface area contributed by atoms with Gasteiger partial charge in [0.05, 0.1) is 0 Å². The van der Waals surface area contributed by atoms with E-state index in [1.54, 1.807) is 36.4 Å². The number of rotatable bonds is 4. The van der Waals surface area contributed by atoms with Crippen LogP contribution in [0.2, 0.25) is 0 Å². The Morgan fingerprint density at radius 1 is 1.26 bits per heavy atom. The fraction of sp³-hybridized carbons (Fsp3) is 0.105. The van der Waals surface area contributed by atoms with Crippen molar-refractivity contribution >= 4 is 34.5 Å². The highest BCUT2D eigenvalue weighted by molar-refractivity contribution is 5.97. The second-order valence-corrected chi connectivity index (χ2v) is 6.13. The number of nitrogens with zero attached hydrogens (tertiary/aromatic N) is 3. The molecule has 0 aliphatic carbocycles. The Morgan fingerprint density at radius 3 is 2.89 bits per heavy atom. The molecule has 4 rings (SSSR count). The van der Waals surface area contributed by atoms with Crippen LogP contribution < -0.4 is 11.1 Å². The van der Waals surface area contributed by atoms with Crippen molar-refractivity contribution < 1.29 is 14.3 Å². The summed E-state index contributed by atoms with van der Waals surface area (Å²) in [7, 11) is 0. The van der Waals surface area contributed by atoms with Gasteiger partial charge in [0.15, 0.2) is 0 Å². The Hall–Kier alpha value is -3.65. The van der Waals surface area contributed by atoms with Crippen molar-refractivity contribution in [2.24, 2.45) is 0 Å². The van der Waals surface area contributed by atoms with Crippen LogP contribution in [-0.2, 0) is 6.61 Å². The van der Waals surface area contributed by atoms with E-state index in [1.165, 1.54) is 0 Å². The summed E-state index contributed by atoms with van der Waals surface area (Å²) in [6.45, 7) is 1.74. The van der Waals surface area contributed by atoms with E-state index >= 15 is 0 Å². The SMILES string of the molecule is Cc1cccc(C(=O)n2nc(Nc3ccc4oc(CO)cc4c3)nc2N)c1. The molecule has 0 radical (unpaired) electrons. The summed E-state index contributed by atoms with van der Waals surface area (Å²) < 4.78 is 6.52. The van der Waals surface area contributed by atoms with Crippen LogP contribution in [0.4, 0.5) is 17.6 Å². The number of carbonyl (C=O) groups excluding carboxylic acids is 1. The number of aromatic nitrogens is 3. The lowest BCUT2D eigenvalue weighted by atomic mass is 10.1. The second kappa shape index (κ2) is 6.58. The first-order valence-corrected chi connectivity index (χ1v) is 8.28. The van der Waals surface area contributed by atoms with Gasteiger partial charge in [0.25, 0.3) is 5.91 Å². The predicted octanol–water partition coefficient (Wildman–Crippen LogP) is 2.84. The molecule has 0 unspecified atom stereocenters. The van der Waals surface area contributed by atoms with Crippen LogP contribution in [0.5, 0.6) is 0 Å². The summed E-state index contributed by atoms with van der Waals surface area (Å²) in [5, 5.41) is 17.2. The number of aryl methyl sites for hydroxylation is 1. The molecule has 0 aliphatic rings. The maximum absolute atomic E-state index is 12.6. The average molecular weight is 363 g/mol. The lowest BCUT2D eigenvalue weighted by Gasteiger charge is -2.03. The number of aliphatic hydroxyl groups excluding tert-OH is 1. The smallest absolute Gasteiger partial charge is 0.281 e. The number of hydrogen-bond acceptors (Lipinski definition) is 7. The zero-order chi connectivity index (χ0) is 19.0. The lowest BCUT2D eigenvalue weighted by Crippen LogP contribution is -2.16. The maximum Gasteiger partial charge on any atom is 0.281 e. The minimum atomic E-state index is -0.352. The summed E-state index contributed by atoms with van der Waals surface area (Å²) in [5.41, 5.74) is 8.68. The third-order valence-electron chi connectivity index (χ3n) is 4.07. The molecule has 0 bridgehead atoms. The van der Waals surface area contributed by atoms with Crippen LogP contribution in [0.3, 0.4) is 0 Å². The van der Waals surface area contributed by atoms with Gasteiger partial charge in [-0.2, -0.15) is 9.67 Å². The number of carbonyl (C=O) groups is 1. The monoisotopic (exact) mass is 363 g/mol. The van der Waals surface area contributed by atoms with Crippen molar-refractivity contribution in [3.05, 3.63) is 65.4 Å². The molecule has 0 aliphatic heterocycles. The van der Waals surface area contributed by atoms with Crippen LogP contribution in [0.1, 0.15) is 21.7 Å². The number of nitrogens with one attached hydrogen (secondary N) is 1. The van der Waals surface area contributed by atoms with Crippen molar-refractivity contribution in [1.82, 2.24) is 14.8 Å². The van der Waals surface area contributed by atoms with Gasteiger partial charge in [-0.25, -0.2) is 0 Å². The highest BCUT2D eigenvalue weighted by Gasteiger charge is 2.16. The fourth-order valence-electron chi connectivity index (χ4n) is 2.81. The Labute approximate surface area is 154 Å². The topological polar surface area (TPSA) is 119 Å². The van der Waals surface area contributed by atoms with Crippen LogP contribution in [-0.4, -0.2) is 25.8 Å². The number of nitrogen functional groups attached to an aromatic ring is 1. The number of anilines is 3. The van der Waals surface area contributed by atoms with E-state index in [-0.39, 0.29) is 24.4 Å². The first kappa shape index (κ1) is 16.8. The van der Waals surface area contributed by atoms with Gasteiger partial charge >= 0.3 is 0 Å². The molecule has 2 aromatic heterocycles. The summed E-state index contributed by atoms with van der Waals surface area (Å²) in [4.78, 5) is 16.7. The number of aliphatic hydroxyl groups is 1. The van der Waals surface area contributed by atoms with E-state index in [0.717, 1.165) is 15.6 Å². The molecule has 0 atom stereocenters. The molecular weight excluding hydrogens is 346 g/mol. The standard InChI is InChI=1S/C19H17N5O3/c1-11-3-2-4-12(7-11)17(26)24-18(20)22-19(23-24)21-14-5-6-16-13(8-14)9-15(10-25)27-16/h2-9,25H,10H2,1H3,(H3,20,21,22,23). The fourth-order valence-corrected chi connectivity index (χ4v) is 2.81. The highest BCUT2D eigenvalue weighted by atomic mass is 16.4. The summed E-state index contributed by atoms with van der Waals surface area (Å²) in [5.74, 6) is 0.335. The van der Waals surface area contributed by atoms with E-state index in [9.17, 15) is 4.79 Å². The van der Waals surface area contributed by atoms with Gasteiger partial charge in [-0.1, -0.05) is 17.7 Å². The minimum absolute atomic E-state index is 0.00374. The predicted molar refractivity (Wildman–Crippen MR) is 101 cm³/mol. The highest BCUT2D eigenvalue weighted by Crippen LogP contribution is 2.24. The molecule has 4 N–H and O–H groups in total. The first-order valence-electron chi connectivity index (χ1n) is 8.28. The van der Waals surface area contributed by atoms with E-state index in [0.29, 0.717) is 22.6 Å². The van der Waals surface area contributed by atoms with E-state index in [4.69, 9.17) is 15.3 Å². The van der Waals surface area contributed by atoms with Gasteiger partial charge in [0.1, 0.15) is 18.0 Å². The molecule has 8 heteroatoms. The quantitative estimate of drug-likeness (QED) is 0.510. The number of fused-ring (bicyclic) bond motifs is 1. The molecule has 0 fully saturated rings. The van der Waals surface area contributed by atoms with Crippen molar-refractivity contribution in [2.45, 2.75) is 13.5 Å². The van der Waals surface area contributed by atoms with Crippen LogP contribution in [0, 0.1) is 6.92 Å². The summed E-state index contributed by atoms with van der Waals surface area (Å²) in [6, 6.07) is 14.3. The average Bonchev–Trinajstić information content (AvgIpc) is 3.23. The van der Waals surface area contributed by atoms with Crippen molar-refractivity contribution in [3.63, 3.8) is 0 Å². The normalized spacial score (nSPS) is 11.0. The van der Waals surface area contributed by atoms with Gasteiger partial charge in [0, 0.05) is 16.6 Å². The number of nitrogens with two attached hydrogens (primary N) is 1. The Kier molecular flexibility index (Phi) is 4.09. The summed E-state index contributed by atoms with van der Waals surface area (Å²) >= 11 is 0. The van der Waals surface area contributed by atoms with Gasteiger partial charge < -0.3 is 20.6 Å². The summed E-state index contributed by atoms with van der Waals surface area (Å²) in [6.07, 6.45) is 0. The second-order valence-electron chi connectivity index (χ2n) is 6.13. The molecule has 0 saturated heterocycles. The van der Waals surface area contributed by atoms with Crippen molar-refractivity contribution in [1.29, 1.82) is 0 Å². The molecule has 2 aromatic carbocycles. The van der Waals surface area contributed by atoms with Gasteiger partial charge in [-0.15, -0.1) is 5.10 Å². The minimum Gasteiger partial charge on any atom is -0.459 e. The largest absolute Gasteiger partial charge is 0.459 e. The Morgan fingerprint density at radius 2 is 2.11 bits per heavy atom.